The van der Waals surface area contributed by atoms with Crippen molar-refractivity contribution in [3.63, 3.8) is 0 Å². The molecule has 0 rings (SSSR count). The Morgan fingerprint density at radius 1 is 0.303 bits per heavy atom. The van der Waals surface area contributed by atoms with Crippen molar-refractivity contribution >= 4 is 17.9 Å². The van der Waals surface area contributed by atoms with Crippen LogP contribution in [-0.4, -0.2) is 37.2 Å². The van der Waals surface area contributed by atoms with Crippen LogP contribution in [0, 0.1) is 0 Å². The van der Waals surface area contributed by atoms with Crippen LogP contribution in [0.4, 0.5) is 0 Å². The van der Waals surface area contributed by atoms with E-state index in [1.54, 1.807) is 0 Å². The SMILES string of the molecule is CCCCC\C=C/C=C\C=C/C=C\CCCCCCCC(=O)OCC(COC(=O)CCCCCCCCCCCCCC)OC(=O)CCCCCCC/C=C\C=C/CCCCCCCCC. The Balaban J connectivity index is 4.44. The van der Waals surface area contributed by atoms with Gasteiger partial charge in [0, 0.05) is 19.3 Å². The number of esters is 3. The second-order valence-electron chi connectivity index (χ2n) is 18.6. The Labute approximate surface area is 408 Å². The molecule has 66 heavy (non-hydrogen) atoms. The van der Waals surface area contributed by atoms with Crippen molar-refractivity contribution in [3.8, 4) is 0 Å². The zero-order chi connectivity index (χ0) is 47.9. The first kappa shape index (κ1) is 62.8. The first-order valence-corrected chi connectivity index (χ1v) is 28.0. The molecule has 0 saturated heterocycles. The normalized spacial score (nSPS) is 12.6. The molecule has 0 radical (unpaired) electrons. The smallest absolute Gasteiger partial charge is 0.306 e. The lowest BCUT2D eigenvalue weighted by Gasteiger charge is -2.18. The standard InChI is InChI=1S/C60H104O6/c1-4-7-10-13-16-19-22-25-27-29-31-33-35-38-41-44-47-50-53-59(62)65-56-57(55-64-58(61)52-49-46-43-40-37-24-21-18-15-12-9-6-3)66-60(63)54-51-48-45-42-39-36-34-32-30-28-26-23-20-17-14-11-8-5-2/h16,19,22,25,27-34,57H,4-15,17-18,20-21,23-24,26,35-56H2,1-3H3/b19-16-,25-22-,29-27-,30-28-,33-31-,34-32-. The lowest BCUT2D eigenvalue weighted by atomic mass is 10.0. The molecule has 0 aromatic heterocycles. The van der Waals surface area contributed by atoms with Gasteiger partial charge in [0.25, 0.3) is 0 Å². The largest absolute Gasteiger partial charge is 0.462 e. The second kappa shape index (κ2) is 54.5. The van der Waals surface area contributed by atoms with E-state index in [2.05, 4.69) is 93.7 Å². The van der Waals surface area contributed by atoms with E-state index in [0.717, 1.165) is 103 Å². The maximum atomic E-state index is 12.8. The van der Waals surface area contributed by atoms with Gasteiger partial charge < -0.3 is 14.2 Å². The van der Waals surface area contributed by atoms with Gasteiger partial charge in [-0.25, -0.2) is 0 Å². The Hall–Kier alpha value is -3.15. The van der Waals surface area contributed by atoms with Crippen LogP contribution in [0.1, 0.15) is 271 Å². The summed E-state index contributed by atoms with van der Waals surface area (Å²) in [5, 5.41) is 0. The van der Waals surface area contributed by atoms with E-state index in [-0.39, 0.29) is 31.1 Å². The highest BCUT2D eigenvalue weighted by atomic mass is 16.6. The molecular weight excluding hydrogens is 817 g/mol. The van der Waals surface area contributed by atoms with E-state index in [1.807, 2.05) is 0 Å². The van der Waals surface area contributed by atoms with Gasteiger partial charge in [-0.1, -0.05) is 254 Å². The summed E-state index contributed by atoms with van der Waals surface area (Å²) in [4.78, 5) is 38.1. The number of rotatable bonds is 50. The molecule has 0 spiro atoms. The molecular formula is C60H104O6. The third-order valence-electron chi connectivity index (χ3n) is 12.1. The zero-order valence-electron chi connectivity index (χ0n) is 43.4. The topological polar surface area (TPSA) is 78.9 Å². The van der Waals surface area contributed by atoms with E-state index >= 15 is 0 Å². The highest BCUT2D eigenvalue weighted by Crippen LogP contribution is 2.15. The van der Waals surface area contributed by atoms with Gasteiger partial charge in [-0.3, -0.25) is 14.4 Å². The van der Waals surface area contributed by atoms with E-state index in [1.165, 1.54) is 128 Å². The molecule has 380 valence electrons. The first-order valence-electron chi connectivity index (χ1n) is 28.0. The molecule has 1 atom stereocenters. The number of hydrogen-bond acceptors (Lipinski definition) is 6. The minimum Gasteiger partial charge on any atom is -0.462 e. The summed E-state index contributed by atoms with van der Waals surface area (Å²) in [6, 6.07) is 0. The third kappa shape index (κ3) is 51.8. The van der Waals surface area contributed by atoms with Gasteiger partial charge in [0.05, 0.1) is 0 Å². The van der Waals surface area contributed by atoms with Crippen LogP contribution in [0.15, 0.2) is 72.9 Å². The number of allylic oxidation sites excluding steroid dienone is 12. The van der Waals surface area contributed by atoms with Crippen molar-refractivity contribution in [2.24, 2.45) is 0 Å². The molecule has 0 amide bonds. The molecule has 0 heterocycles. The summed E-state index contributed by atoms with van der Waals surface area (Å²) in [5.41, 5.74) is 0. The minimum absolute atomic E-state index is 0.0879. The summed E-state index contributed by atoms with van der Waals surface area (Å²) in [5.74, 6) is -0.920. The fourth-order valence-corrected chi connectivity index (χ4v) is 7.80. The van der Waals surface area contributed by atoms with E-state index < -0.39 is 6.10 Å². The van der Waals surface area contributed by atoms with Crippen molar-refractivity contribution < 1.29 is 28.6 Å². The summed E-state index contributed by atoms with van der Waals surface area (Å²) in [7, 11) is 0. The van der Waals surface area contributed by atoms with Crippen LogP contribution >= 0.6 is 0 Å². The molecule has 0 aliphatic carbocycles. The van der Waals surface area contributed by atoms with Crippen LogP contribution in [0.5, 0.6) is 0 Å². The van der Waals surface area contributed by atoms with Gasteiger partial charge in [0.2, 0.25) is 0 Å². The van der Waals surface area contributed by atoms with Crippen LogP contribution < -0.4 is 0 Å². The number of carbonyl (C=O) groups excluding carboxylic acids is 3. The maximum absolute atomic E-state index is 12.8. The van der Waals surface area contributed by atoms with Crippen molar-refractivity contribution in [2.75, 3.05) is 13.2 Å². The molecule has 0 bridgehead atoms. The summed E-state index contributed by atoms with van der Waals surface area (Å²) in [6.45, 7) is 6.57. The van der Waals surface area contributed by atoms with Crippen LogP contribution in [0.25, 0.3) is 0 Å². The Morgan fingerprint density at radius 3 is 0.894 bits per heavy atom. The summed E-state index contributed by atoms with van der Waals surface area (Å²) in [6.07, 6.45) is 68.8. The molecule has 0 fully saturated rings. The molecule has 0 aromatic carbocycles. The lowest BCUT2D eigenvalue weighted by Crippen LogP contribution is -2.30. The predicted molar refractivity (Wildman–Crippen MR) is 284 cm³/mol. The summed E-state index contributed by atoms with van der Waals surface area (Å²) >= 11 is 0. The molecule has 6 heteroatoms. The Bertz CT molecular complexity index is 1240. The van der Waals surface area contributed by atoms with Crippen molar-refractivity contribution in [1.82, 2.24) is 0 Å². The summed E-state index contributed by atoms with van der Waals surface area (Å²) < 4.78 is 16.8. The average Bonchev–Trinajstić information content (AvgIpc) is 3.31. The van der Waals surface area contributed by atoms with Crippen molar-refractivity contribution in [1.29, 1.82) is 0 Å². The van der Waals surface area contributed by atoms with Crippen LogP contribution in [0.2, 0.25) is 0 Å². The minimum atomic E-state index is -0.792. The molecule has 0 N–H and O–H groups in total. The predicted octanol–water partition coefficient (Wildman–Crippen LogP) is 18.6. The third-order valence-corrected chi connectivity index (χ3v) is 12.1. The number of ether oxygens (including phenoxy) is 3. The van der Waals surface area contributed by atoms with Crippen molar-refractivity contribution in [3.05, 3.63) is 72.9 Å². The van der Waals surface area contributed by atoms with Gasteiger partial charge >= 0.3 is 17.9 Å². The van der Waals surface area contributed by atoms with Crippen LogP contribution in [0.3, 0.4) is 0 Å². The zero-order valence-corrected chi connectivity index (χ0v) is 43.4. The fraction of sp³-hybridized carbons (Fsp3) is 0.750. The molecule has 6 nitrogen and oxygen atoms in total. The Morgan fingerprint density at radius 2 is 0.545 bits per heavy atom. The first-order chi connectivity index (χ1) is 32.5. The van der Waals surface area contributed by atoms with Gasteiger partial charge in [0.1, 0.15) is 13.2 Å². The van der Waals surface area contributed by atoms with E-state index in [4.69, 9.17) is 14.2 Å². The van der Waals surface area contributed by atoms with E-state index in [9.17, 15) is 14.4 Å². The number of unbranched alkanes of at least 4 members (excludes halogenated alkanes) is 31. The van der Waals surface area contributed by atoms with Gasteiger partial charge in [0.15, 0.2) is 6.10 Å². The Kier molecular flexibility index (Phi) is 51.9. The average molecular weight is 921 g/mol. The quantitative estimate of drug-likeness (QED) is 0.0262. The molecule has 0 saturated carbocycles. The number of hydrogen-bond donors (Lipinski definition) is 0. The van der Waals surface area contributed by atoms with Gasteiger partial charge in [-0.2, -0.15) is 0 Å². The maximum Gasteiger partial charge on any atom is 0.306 e. The van der Waals surface area contributed by atoms with Gasteiger partial charge in [-0.15, -0.1) is 0 Å². The fourth-order valence-electron chi connectivity index (χ4n) is 7.80. The van der Waals surface area contributed by atoms with Gasteiger partial charge in [-0.05, 0) is 70.6 Å². The molecule has 1 unspecified atom stereocenters. The second-order valence-corrected chi connectivity index (χ2v) is 18.6. The molecule has 0 aromatic rings. The number of carbonyl (C=O) groups is 3. The monoisotopic (exact) mass is 921 g/mol. The molecule has 0 aliphatic rings. The highest BCUT2D eigenvalue weighted by Gasteiger charge is 2.19. The lowest BCUT2D eigenvalue weighted by molar-refractivity contribution is -0.167. The van der Waals surface area contributed by atoms with Crippen LogP contribution in [-0.2, 0) is 28.6 Å². The van der Waals surface area contributed by atoms with E-state index in [0.29, 0.717) is 19.3 Å². The van der Waals surface area contributed by atoms with Crippen molar-refractivity contribution in [2.45, 2.75) is 277 Å². The molecule has 0 aliphatic heterocycles. The highest BCUT2D eigenvalue weighted by molar-refractivity contribution is 5.71.